The van der Waals surface area contributed by atoms with Crippen molar-refractivity contribution in [1.29, 1.82) is 5.26 Å². The van der Waals surface area contributed by atoms with Gasteiger partial charge in [0.15, 0.2) is 0 Å². The Morgan fingerprint density at radius 3 is 2.53 bits per heavy atom. The van der Waals surface area contributed by atoms with Crippen LogP contribution in [0.15, 0.2) is 0 Å². The number of unbranched alkanes of at least 4 members (excludes halogenated alkanes) is 1. The van der Waals surface area contributed by atoms with Crippen LogP contribution < -0.4 is 5.73 Å². The molecule has 0 aromatic rings. The minimum absolute atomic E-state index is 0.164. The molecular weight excluding hydrogens is 210 g/mol. The minimum atomic E-state index is -0.164. The number of likely N-dealkylation sites (N-methyl/N-ethyl adjacent to an activating group) is 1. The lowest BCUT2D eigenvalue weighted by atomic mass is 9.89. The number of hydrogen-bond acceptors (Lipinski definition) is 3. The summed E-state index contributed by atoms with van der Waals surface area (Å²) in [4.78, 5) is 2.41. The van der Waals surface area contributed by atoms with Gasteiger partial charge in [-0.25, -0.2) is 0 Å². The molecule has 0 heterocycles. The summed E-state index contributed by atoms with van der Waals surface area (Å²) in [5.41, 5.74) is 5.66. The molecule has 0 amide bonds. The third-order valence-corrected chi connectivity index (χ3v) is 3.84. The molecule has 0 aromatic heterocycles. The molecule has 1 atom stereocenters. The number of nitriles is 1. The second-order valence-electron chi connectivity index (χ2n) is 6.07. The first-order chi connectivity index (χ1) is 8.00. The van der Waals surface area contributed by atoms with Crippen LogP contribution in [0.4, 0.5) is 0 Å². The average Bonchev–Trinajstić information content (AvgIpc) is 3.10. The lowest BCUT2D eigenvalue weighted by Gasteiger charge is -2.27. The third kappa shape index (κ3) is 5.06. The fourth-order valence-electron chi connectivity index (χ4n) is 2.36. The van der Waals surface area contributed by atoms with Crippen molar-refractivity contribution >= 4 is 0 Å². The Labute approximate surface area is 106 Å². The van der Waals surface area contributed by atoms with Crippen molar-refractivity contribution in [1.82, 2.24) is 4.90 Å². The third-order valence-electron chi connectivity index (χ3n) is 3.84. The highest BCUT2D eigenvalue weighted by molar-refractivity contribution is 4.91. The van der Waals surface area contributed by atoms with Crippen LogP contribution in [0.5, 0.6) is 0 Å². The van der Waals surface area contributed by atoms with E-state index in [0.29, 0.717) is 6.04 Å². The van der Waals surface area contributed by atoms with Gasteiger partial charge in [0.1, 0.15) is 0 Å². The number of rotatable bonds is 8. The standard InChI is InChI=1S/C14H27N3/c1-14(2,11-16)8-4-5-9-17(3)13(10-15)12-6-7-12/h12-13H,4-10,15H2,1-3H3. The molecule has 1 aliphatic carbocycles. The van der Waals surface area contributed by atoms with E-state index in [-0.39, 0.29) is 5.41 Å². The Morgan fingerprint density at radius 1 is 1.41 bits per heavy atom. The van der Waals surface area contributed by atoms with Gasteiger partial charge in [-0.1, -0.05) is 6.42 Å². The molecule has 3 heteroatoms. The quantitative estimate of drug-likeness (QED) is 0.659. The molecule has 2 N–H and O–H groups in total. The van der Waals surface area contributed by atoms with E-state index in [4.69, 9.17) is 11.0 Å². The average molecular weight is 237 g/mol. The first kappa shape index (κ1) is 14.5. The highest BCUT2D eigenvalue weighted by Crippen LogP contribution is 2.34. The lowest BCUT2D eigenvalue weighted by Crippen LogP contribution is -2.40. The van der Waals surface area contributed by atoms with Crippen LogP contribution in [0, 0.1) is 22.7 Å². The van der Waals surface area contributed by atoms with Crippen molar-refractivity contribution < 1.29 is 0 Å². The van der Waals surface area contributed by atoms with E-state index in [9.17, 15) is 0 Å². The molecule has 0 aromatic carbocycles. The normalized spacial score (nSPS) is 18.1. The van der Waals surface area contributed by atoms with Crippen LogP contribution >= 0.6 is 0 Å². The van der Waals surface area contributed by atoms with Gasteiger partial charge in [-0.05, 0) is 59.0 Å². The summed E-state index contributed by atoms with van der Waals surface area (Å²) >= 11 is 0. The molecule has 17 heavy (non-hydrogen) atoms. The summed E-state index contributed by atoms with van der Waals surface area (Å²) in [6.07, 6.45) is 6.01. The smallest absolute Gasteiger partial charge is 0.0683 e. The van der Waals surface area contributed by atoms with Crippen molar-refractivity contribution in [2.24, 2.45) is 17.1 Å². The molecule has 1 aliphatic rings. The molecular formula is C14H27N3. The molecule has 98 valence electrons. The summed E-state index contributed by atoms with van der Waals surface area (Å²) in [6, 6.07) is 2.94. The van der Waals surface area contributed by atoms with Crippen LogP contribution in [-0.2, 0) is 0 Å². The Balaban J connectivity index is 2.15. The molecule has 1 unspecified atom stereocenters. The minimum Gasteiger partial charge on any atom is -0.329 e. The molecule has 1 fully saturated rings. The number of nitrogens with zero attached hydrogens (tertiary/aromatic N) is 2. The first-order valence-electron chi connectivity index (χ1n) is 6.82. The molecule has 1 saturated carbocycles. The van der Waals surface area contributed by atoms with E-state index in [1.807, 2.05) is 13.8 Å². The number of nitrogens with two attached hydrogens (primary N) is 1. The maximum absolute atomic E-state index is 8.93. The van der Waals surface area contributed by atoms with Gasteiger partial charge in [0.05, 0.1) is 11.5 Å². The monoisotopic (exact) mass is 237 g/mol. The summed E-state index contributed by atoms with van der Waals surface area (Å²) < 4.78 is 0. The fourth-order valence-corrected chi connectivity index (χ4v) is 2.36. The lowest BCUT2D eigenvalue weighted by molar-refractivity contribution is 0.216. The maximum atomic E-state index is 8.93. The predicted molar refractivity (Wildman–Crippen MR) is 71.4 cm³/mol. The van der Waals surface area contributed by atoms with Gasteiger partial charge in [-0.2, -0.15) is 5.26 Å². The summed E-state index contributed by atoms with van der Waals surface area (Å²) in [7, 11) is 2.19. The van der Waals surface area contributed by atoms with Crippen LogP contribution in [0.25, 0.3) is 0 Å². The van der Waals surface area contributed by atoms with Crippen LogP contribution in [-0.4, -0.2) is 31.1 Å². The number of hydrogen-bond donors (Lipinski definition) is 1. The first-order valence-corrected chi connectivity index (χ1v) is 6.82. The van der Waals surface area contributed by atoms with Crippen molar-refractivity contribution in [3.05, 3.63) is 0 Å². The van der Waals surface area contributed by atoms with E-state index < -0.39 is 0 Å². The van der Waals surface area contributed by atoms with E-state index in [0.717, 1.165) is 31.8 Å². The molecule has 1 rings (SSSR count). The Bertz CT molecular complexity index is 263. The predicted octanol–water partition coefficient (Wildman–Crippen LogP) is 2.38. The van der Waals surface area contributed by atoms with Crippen molar-refractivity contribution in [3.8, 4) is 6.07 Å². The fraction of sp³-hybridized carbons (Fsp3) is 0.929. The van der Waals surface area contributed by atoms with Crippen molar-refractivity contribution in [2.75, 3.05) is 20.1 Å². The second-order valence-corrected chi connectivity index (χ2v) is 6.07. The SMILES string of the molecule is CN(CCCCC(C)(C)C#N)C(CN)C1CC1. The molecule has 0 radical (unpaired) electrons. The van der Waals surface area contributed by atoms with Gasteiger partial charge >= 0.3 is 0 Å². The van der Waals surface area contributed by atoms with Gasteiger partial charge in [0, 0.05) is 12.6 Å². The molecule has 3 nitrogen and oxygen atoms in total. The van der Waals surface area contributed by atoms with Crippen LogP contribution in [0.2, 0.25) is 0 Å². The van der Waals surface area contributed by atoms with Crippen LogP contribution in [0.3, 0.4) is 0 Å². The zero-order chi connectivity index (χ0) is 12.9. The molecule has 0 saturated heterocycles. The Kier molecular flexibility index (Phi) is 5.42. The maximum Gasteiger partial charge on any atom is 0.0683 e. The van der Waals surface area contributed by atoms with E-state index in [2.05, 4.69) is 18.0 Å². The second kappa shape index (κ2) is 6.37. The molecule has 0 spiro atoms. The van der Waals surface area contributed by atoms with E-state index >= 15 is 0 Å². The summed E-state index contributed by atoms with van der Waals surface area (Å²) in [5, 5.41) is 8.93. The molecule has 0 bridgehead atoms. The largest absolute Gasteiger partial charge is 0.329 e. The van der Waals surface area contributed by atoms with Gasteiger partial charge in [-0.3, -0.25) is 0 Å². The summed E-state index contributed by atoms with van der Waals surface area (Å²) in [6.45, 7) is 5.93. The van der Waals surface area contributed by atoms with Crippen molar-refractivity contribution in [3.63, 3.8) is 0 Å². The van der Waals surface area contributed by atoms with E-state index in [1.165, 1.54) is 19.3 Å². The highest BCUT2D eigenvalue weighted by atomic mass is 15.1. The van der Waals surface area contributed by atoms with Gasteiger partial charge < -0.3 is 10.6 Å². The van der Waals surface area contributed by atoms with Gasteiger partial charge in [0.25, 0.3) is 0 Å². The zero-order valence-electron chi connectivity index (χ0n) is 11.6. The van der Waals surface area contributed by atoms with Gasteiger partial charge in [0.2, 0.25) is 0 Å². The van der Waals surface area contributed by atoms with E-state index in [1.54, 1.807) is 0 Å². The molecule has 0 aliphatic heterocycles. The Morgan fingerprint density at radius 2 is 2.06 bits per heavy atom. The highest BCUT2D eigenvalue weighted by Gasteiger charge is 2.32. The summed E-state index contributed by atoms with van der Waals surface area (Å²) in [5.74, 6) is 0.848. The van der Waals surface area contributed by atoms with Crippen molar-refractivity contribution in [2.45, 2.75) is 52.0 Å². The van der Waals surface area contributed by atoms with Gasteiger partial charge in [-0.15, -0.1) is 0 Å². The Hall–Kier alpha value is -0.590. The van der Waals surface area contributed by atoms with Crippen LogP contribution in [0.1, 0.15) is 46.0 Å². The zero-order valence-corrected chi connectivity index (χ0v) is 11.6. The topological polar surface area (TPSA) is 53.0 Å².